The zero-order chi connectivity index (χ0) is 16.8. The number of nitrogens with zero attached hydrogens (tertiary/aromatic N) is 2. The molecule has 0 saturated heterocycles. The van der Waals surface area contributed by atoms with E-state index in [-0.39, 0.29) is 0 Å². The molecule has 0 amide bonds. The molecule has 23 heavy (non-hydrogen) atoms. The van der Waals surface area contributed by atoms with Crippen LogP contribution < -0.4 is 0 Å². The number of hydrogen-bond donors (Lipinski definition) is 0. The molecule has 2 rings (SSSR count). The van der Waals surface area contributed by atoms with Crippen LogP contribution in [-0.4, -0.2) is 34.0 Å². The van der Waals surface area contributed by atoms with E-state index < -0.39 is 0 Å². The van der Waals surface area contributed by atoms with Gasteiger partial charge in [-0.2, -0.15) is 0 Å². The van der Waals surface area contributed by atoms with Gasteiger partial charge in [0.2, 0.25) is 0 Å². The topological polar surface area (TPSA) is 25.8 Å². The van der Waals surface area contributed by atoms with Crippen LogP contribution in [0.1, 0.15) is 19.5 Å². The molecule has 0 saturated carbocycles. The molecule has 0 N–H and O–H groups in total. The van der Waals surface area contributed by atoms with Crippen molar-refractivity contribution in [2.24, 2.45) is 0 Å². The van der Waals surface area contributed by atoms with Crippen LogP contribution in [0.15, 0.2) is 38.2 Å². The van der Waals surface area contributed by atoms with E-state index in [9.17, 15) is 0 Å². The van der Waals surface area contributed by atoms with Crippen LogP contribution in [0, 0.1) is 6.92 Å². The Morgan fingerprint density at radius 3 is 2.30 bits per heavy atom. The second-order valence-corrected chi connectivity index (χ2v) is 8.92. The van der Waals surface area contributed by atoms with Crippen LogP contribution in [0.5, 0.6) is 0 Å². The fourth-order valence-corrected chi connectivity index (χ4v) is 5.23. The maximum atomic E-state index is 4.78. The van der Waals surface area contributed by atoms with Gasteiger partial charge in [0.05, 0.1) is 5.03 Å². The molecule has 0 unspecified atom stereocenters. The standard InChI is InChI=1S/C17H22N2S4/c1-6-22-12-8-9-18-17(23-7-2)16(12)15-11(3)19-14(21-5)10-13(15)20-4/h8-10H,6-7H2,1-5H3. The maximum Gasteiger partial charge on any atom is 0.105 e. The lowest BCUT2D eigenvalue weighted by atomic mass is 10.1. The van der Waals surface area contributed by atoms with Gasteiger partial charge in [-0.15, -0.1) is 47.0 Å². The SMILES string of the molecule is CCSc1ccnc(SCC)c1-c1c(SC)cc(SC)nc1C. The average Bonchev–Trinajstić information content (AvgIpc) is 2.55. The largest absolute Gasteiger partial charge is 0.249 e. The minimum absolute atomic E-state index is 1.02. The molecule has 124 valence electrons. The summed E-state index contributed by atoms with van der Waals surface area (Å²) >= 11 is 7.17. The van der Waals surface area contributed by atoms with Gasteiger partial charge in [0, 0.05) is 32.8 Å². The molecule has 2 aromatic heterocycles. The maximum absolute atomic E-state index is 4.78. The molecule has 0 spiro atoms. The second-order valence-electron chi connectivity index (χ2n) is 4.68. The summed E-state index contributed by atoms with van der Waals surface area (Å²) in [5.41, 5.74) is 3.59. The zero-order valence-corrected chi connectivity index (χ0v) is 17.4. The Hall–Kier alpha value is -0.300. The number of aryl methyl sites for hydroxylation is 1. The molecule has 2 heterocycles. The molecule has 6 heteroatoms. The molecular weight excluding hydrogens is 360 g/mol. The zero-order valence-electron chi connectivity index (χ0n) is 14.2. The highest BCUT2D eigenvalue weighted by Gasteiger charge is 2.19. The number of rotatable bonds is 7. The first-order valence-electron chi connectivity index (χ1n) is 7.50. The summed E-state index contributed by atoms with van der Waals surface area (Å²) in [6, 6.07) is 4.33. The van der Waals surface area contributed by atoms with Crippen molar-refractivity contribution >= 4 is 47.0 Å². The summed E-state index contributed by atoms with van der Waals surface area (Å²) in [7, 11) is 0. The van der Waals surface area contributed by atoms with Crippen LogP contribution >= 0.6 is 47.0 Å². The van der Waals surface area contributed by atoms with Crippen molar-refractivity contribution in [2.45, 2.75) is 40.6 Å². The van der Waals surface area contributed by atoms with E-state index in [1.807, 2.05) is 29.7 Å². The highest BCUT2D eigenvalue weighted by Crippen LogP contribution is 2.43. The number of thioether (sulfide) groups is 4. The van der Waals surface area contributed by atoms with Gasteiger partial charge in [-0.25, -0.2) is 9.97 Å². The normalized spacial score (nSPS) is 11.0. The van der Waals surface area contributed by atoms with Gasteiger partial charge in [0.15, 0.2) is 0 Å². The quantitative estimate of drug-likeness (QED) is 0.535. The van der Waals surface area contributed by atoms with Gasteiger partial charge in [0.1, 0.15) is 5.03 Å². The van der Waals surface area contributed by atoms with Gasteiger partial charge in [-0.05, 0) is 43.1 Å². The number of hydrogen-bond acceptors (Lipinski definition) is 6. The van der Waals surface area contributed by atoms with E-state index in [1.54, 1.807) is 23.5 Å². The van der Waals surface area contributed by atoms with Crippen molar-refractivity contribution in [3.63, 3.8) is 0 Å². The average molecular weight is 383 g/mol. The highest BCUT2D eigenvalue weighted by molar-refractivity contribution is 8.00. The van der Waals surface area contributed by atoms with Crippen molar-refractivity contribution < 1.29 is 0 Å². The van der Waals surface area contributed by atoms with Crippen molar-refractivity contribution in [3.05, 3.63) is 24.0 Å². The lowest BCUT2D eigenvalue weighted by molar-refractivity contribution is 1.01. The second kappa shape index (κ2) is 9.25. The predicted molar refractivity (Wildman–Crippen MR) is 109 cm³/mol. The lowest BCUT2D eigenvalue weighted by Gasteiger charge is -2.18. The monoisotopic (exact) mass is 382 g/mol. The van der Waals surface area contributed by atoms with Gasteiger partial charge in [0.25, 0.3) is 0 Å². The summed E-state index contributed by atoms with van der Waals surface area (Å²) < 4.78 is 0. The summed E-state index contributed by atoms with van der Waals surface area (Å²) in [5.74, 6) is 2.07. The van der Waals surface area contributed by atoms with Crippen molar-refractivity contribution in [3.8, 4) is 11.1 Å². The van der Waals surface area contributed by atoms with Gasteiger partial charge in [-0.3, -0.25) is 0 Å². The third kappa shape index (κ3) is 4.41. The van der Waals surface area contributed by atoms with E-state index in [0.717, 1.165) is 27.3 Å². The molecule has 0 aliphatic carbocycles. The fourth-order valence-electron chi connectivity index (χ4n) is 2.36. The van der Waals surface area contributed by atoms with E-state index in [4.69, 9.17) is 4.98 Å². The van der Waals surface area contributed by atoms with Crippen molar-refractivity contribution in [1.82, 2.24) is 9.97 Å². The van der Waals surface area contributed by atoms with Crippen LogP contribution in [0.4, 0.5) is 0 Å². The molecule has 2 aromatic rings. The Bertz CT molecular complexity index is 650. The molecule has 0 radical (unpaired) electrons. The molecule has 0 atom stereocenters. The molecular formula is C17H22N2S4. The first-order chi connectivity index (χ1) is 11.2. The number of aromatic nitrogens is 2. The first kappa shape index (κ1) is 19.0. The summed E-state index contributed by atoms with van der Waals surface area (Å²) in [4.78, 5) is 12.0. The molecule has 0 bridgehead atoms. The fraction of sp³-hybridized carbons (Fsp3) is 0.412. The third-order valence-electron chi connectivity index (χ3n) is 3.28. The van der Waals surface area contributed by atoms with E-state index in [0.29, 0.717) is 0 Å². The first-order valence-corrected chi connectivity index (χ1v) is 11.9. The van der Waals surface area contributed by atoms with Gasteiger partial charge < -0.3 is 0 Å². The summed E-state index contributed by atoms with van der Waals surface area (Å²) in [5, 5.41) is 2.19. The Labute approximate surface area is 156 Å². The predicted octanol–water partition coefficient (Wildman–Crippen LogP) is 6.12. The Kier molecular flexibility index (Phi) is 7.66. The van der Waals surface area contributed by atoms with Crippen molar-refractivity contribution in [2.75, 3.05) is 24.0 Å². The van der Waals surface area contributed by atoms with Gasteiger partial charge in [-0.1, -0.05) is 13.8 Å². The van der Waals surface area contributed by atoms with E-state index >= 15 is 0 Å². The smallest absolute Gasteiger partial charge is 0.105 e. The minimum Gasteiger partial charge on any atom is -0.249 e. The van der Waals surface area contributed by atoms with Crippen LogP contribution in [-0.2, 0) is 0 Å². The molecule has 0 aliphatic heterocycles. The molecule has 0 aromatic carbocycles. The Morgan fingerprint density at radius 2 is 1.70 bits per heavy atom. The molecule has 0 aliphatic rings. The van der Waals surface area contributed by atoms with Gasteiger partial charge >= 0.3 is 0 Å². The summed E-state index contributed by atoms with van der Waals surface area (Å²) in [6.07, 6.45) is 6.14. The third-order valence-corrected chi connectivity index (χ3v) is 6.48. The Balaban J connectivity index is 2.73. The molecule has 2 nitrogen and oxygen atoms in total. The summed E-state index contributed by atoms with van der Waals surface area (Å²) in [6.45, 7) is 6.48. The van der Waals surface area contributed by atoms with Crippen molar-refractivity contribution in [1.29, 1.82) is 0 Å². The van der Waals surface area contributed by atoms with E-state index in [2.05, 4.69) is 50.4 Å². The number of pyridine rings is 2. The highest BCUT2D eigenvalue weighted by atomic mass is 32.2. The van der Waals surface area contributed by atoms with Crippen LogP contribution in [0.3, 0.4) is 0 Å². The van der Waals surface area contributed by atoms with Crippen LogP contribution in [0.25, 0.3) is 11.1 Å². The molecule has 0 fully saturated rings. The Morgan fingerprint density at radius 1 is 0.957 bits per heavy atom. The lowest BCUT2D eigenvalue weighted by Crippen LogP contribution is -1.98. The van der Waals surface area contributed by atoms with E-state index in [1.165, 1.54) is 20.9 Å². The van der Waals surface area contributed by atoms with Crippen LogP contribution in [0.2, 0.25) is 0 Å². The minimum atomic E-state index is 1.02.